The summed E-state index contributed by atoms with van der Waals surface area (Å²) in [5.74, 6) is -0.635. The molecule has 25 heavy (non-hydrogen) atoms. The van der Waals surface area contributed by atoms with Gasteiger partial charge in [0, 0.05) is 5.69 Å². The van der Waals surface area contributed by atoms with Crippen LogP contribution in [-0.2, 0) is 0 Å². The van der Waals surface area contributed by atoms with Gasteiger partial charge in [-0.05, 0) is 56.3 Å². The zero-order valence-electron chi connectivity index (χ0n) is 13.5. The molecule has 0 bridgehead atoms. The molecule has 1 amide bonds. The Morgan fingerprint density at radius 3 is 2.40 bits per heavy atom. The number of carbonyl (C=O) groups is 1. The number of halogens is 3. The third kappa shape index (κ3) is 3.52. The van der Waals surface area contributed by atoms with Gasteiger partial charge in [-0.2, -0.15) is 5.10 Å². The van der Waals surface area contributed by atoms with Gasteiger partial charge >= 0.3 is 0 Å². The highest BCUT2D eigenvalue weighted by atomic mass is 35.5. The van der Waals surface area contributed by atoms with Crippen LogP contribution in [0, 0.1) is 19.7 Å². The molecule has 3 aromatic rings. The molecule has 1 aromatic heterocycles. The molecule has 4 nitrogen and oxygen atoms in total. The Balaban J connectivity index is 1.93. The van der Waals surface area contributed by atoms with Crippen molar-refractivity contribution in [1.82, 2.24) is 9.78 Å². The number of nitrogens with zero attached hydrogens (tertiary/aromatic N) is 2. The van der Waals surface area contributed by atoms with Crippen LogP contribution in [0.5, 0.6) is 0 Å². The molecule has 0 aliphatic rings. The van der Waals surface area contributed by atoms with E-state index in [1.54, 1.807) is 48.9 Å². The van der Waals surface area contributed by atoms with Crippen molar-refractivity contribution in [3.8, 4) is 5.69 Å². The van der Waals surface area contributed by atoms with Gasteiger partial charge in [0.25, 0.3) is 5.91 Å². The molecule has 0 aliphatic heterocycles. The maximum Gasteiger partial charge on any atom is 0.259 e. The van der Waals surface area contributed by atoms with Crippen molar-refractivity contribution in [2.24, 2.45) is 0 Å². The number of rotatable bonds is 3. The van der Waals surface area contributed by atoms with E-state index in [1.807, 2.05) is 0 Å². The Hall–Kier alpha value is -2.37. The molecule has 3 rings (SSSR count). The zero-order chi connectivity index (χ0) is 18.1. The molecule has 0 fully saturated rings. The molecule has 0 atom stereocenters. The molecule has 7 heteroatoms. The van der Waals surface area contributed by atoms with E-state index in [4.69, 9.17) is 23.2 Å². The van der Waals surface area contributed by atoms with Crippen LogP contribution in [0.4, 0.5) is 10.1 Å². The first kappa shape index (κ1) is 17.5. The van der Waals surface area contributed by atoms with E-state index >= 15 is 0 Å². The summed E-state index contributed by atoms with van der Waals surface area (Å²) in [6.07, 6.45) is 0. The monoisotopic (exact) mass is 377 g/mol. The molecule has 0 radical (unpaired) electrons. The van der Waals surface area contributed by atoms with Crippen LogP contribution in [0.15, 0.2) is 42.5 Å². The van der Waals surface area contributed by atoms with Gasteiger partial charge in [0.05, 0.1) is 32.7 Å². The average molecular weight is 378 g/mol. The van der Waals surface area contributed by atoms with Crippen LogP contribution in [-0.4, -0.2) is 15.7 Å². The summed E-state index contributed by atoms with van der Waals surface area (Å²) in [7, 11) is 0. The van der Waals surface area contributed by atoms with E-state index in [-0.39, 0.29) is 11.7 Å². The zero-order valence-corrected chi connectivity index (χ0v) is 15.0. The summed E-state index contributed by atoms with van der Waals surface area (Å²) in [4.78, 5) is 12.7. The number of benzene rings is 2. The van der Waals surface area contributed by atoms with Crippen molar-refractivity contribution in [3.63, 3.8) is 0 Å². The van der Waals surface area contributed by atoms with Crippen molar-refractivity contribution in [2.45, 2.75) is 13.8 Å². The minimum Gasteiger partial charge on any atom is -0.322 e. The van der Waals surface area contributed by atoms with Crippen molar-refractivity contribution in [1.29, 1.82) is 0 Å². The third-order valence-corrected chi connectivity index (χ3v) is 4.51. The Kier molecular flexibility index (Phi) is 4.79. The lowest BCUT2D eigenvalue weighted by molar-refractivity contribution is 0.102. The van der Waals surface area contributed by atoms with Crippen LogP contribution < -0.4 is 5.32 Å². The van der Waals surface area contributed by atoms with Gasteiger partial charge in [0.1, 0.15) is 5.82 Å². The fourth-order valence-electron chi connectivity index (χ4n) is 2.57. The summed E-state index contributed by atoms with van der Waals surface area (Å²) < 4.78 is 14.7. The fraction of sp³-hybridized carbons (Fsp3) is 0.111. The molecular weight excluding hydrogens is 364 g/mol. The van der Waals surface area contributed by atoms with Gasteiger partial charge in [0.2, 0.25) is 0 Å². The molecule has 1 heterocycles. The second kappa shape index (κ2) is 6.86. The number of aromatic nitrogens is 2. The number of carbonyl (C=O) groups excluding carboxylic acids is 1. The Bertz CT molecular complexity index is 952. The normalized spacial score (nSPS) is 10.8. The summed E-state index contributed by atoms with van der Waals surface area (Å²) in [5.41, 5.74) is 2.89. The first-order valence-corrected chi connectivity index (χ1v) is 8.21. The van der Waals surface area contributed by atoms with Crippen molar-refractivity contribution in [2.75, 3.05) is 5.32 Å². The quantitative estimate of drug-likeness (QED) is 0.682. The number of amides is 1. The minimum atomic E-state index is -0.331. The highest BCUT2D eigenvalue weighted by Gasteiger charge is 2.19. The second-order valence-corrected chi connectivity index (χ2v) is 6.33. The standard InChI is InChI=1S/C18H14Cl2FN3O/c1-10-17(18(25)22-13-5-8-15(19)16(20)9-13)11(2)24(23-10)14-6-3-12(21)4-7-14/h3-9H,1-2H3,(H,22,25). The van der Waals surface area contributed by atoms with E-state index in [0.29, 0.717) is 38.4 Å². The van der Waals surface area contributed by atoms with Crippen LogP contribution in [0.25, 0.3) is 5.69 Å². The molecule has 0 aliphatic carbocycles. The van der Waals surface area contributed by atoms with Gasteiger partial charge < -0.3 is 5.32 Å². The van der Waals surface area contributed by atoms with Crippen LogP contribution in [0.2, 0.25) is 10.0 Å². The van der Waals surface area contributed by atoms with Gasteiger partial charge in [0.15, 0.2) is 0 Å². The smallest absolute Gasteiger partial charge is 0.259 e. The van der Waals surface area contributed by atoms with Gasteiger partial charge in [-0.15, -0.1) is 0 Å². The van der Waals surface area contributed by atoms with E-state index in [9.17, 15) is 9.18 Å². The maximum atomic E-state index is 13.1. The number of hydrogen-bond donors (Lipinski definition) is 1. The molecule has 0 saturated carbocycles. The molecule has 128 valence electrons. The molecule has 0 saturated heterocycles. The molecule has 2 aromatic carbocycles. The summed E-state index contributed by atoms with van der Waals surface area (Å²) in [6.45, 7) is 3.53. The number of aryl methyl sites for hydroxylation is 1. The van der Waals surface area contributed by atoms with Crippen LogP contribution in [0.1, 0.15) is 21.7 Å². The molecular formula is C18H14Cl2FN3O. The molecule has 0 spiro atoms. The summed E-state index contributed by atoms with van der Waals surface area (Å²) >= 11 is 11.9. The van der Waals surface area contributed by atoms with Crippen molar-refractivity contribution < 1.29 is 9.18 Å². The lowest BCUT2D eigenvalue weighted by Gasteiger charge is -2.08. The summed E-state index contributed by atoms with van der Waals surface area (Å²) in [5, 5.41) is 7.95. The van der Waals surface area contributed by atoms with E-state index in [2.05, 4.69) is 10.4 Å². The number of nitrogens with one attached hydrogen (secondary N) is 1. The average Bonchev–Trinajstić information content (AvgIpc) is 2.86. The predicted octanol–water partition coefficient (Wildman–Crippen LogP) is 5.19. The number of anilines is 1. The summed E-state index contributed by atoms with van der Waals surface area (Å²) in [6, 6.07) is 10.8. The number of hydrogen-bond acceptors (Lipinski definition) is 2. The van der Waals surface area contributed by atoms with Gasteiger partial charge in [-0.3, -0.25) is 4.79 Å². The van der Waals surface area contributed by atoms with E-state index < -0.39 is 0 Å². The SMILES string of the molecule is Cc1nn(-c2ccc(F)cc2)c(C)c1C(=O)Nc1ccc(Cl)c(Cl)c1. The van der Waals surface area contributed by atoms with Gasteiger partial charge in [-0.1, -0.05) is 23.2 Å². The topological polar surface area (TPSA) is 46.9 Å². The maximum absolute atomic E-state index is 13.1. The van der Waals surface area contributed by atoms with Crippen molar-refractivity contribution >= 4 is 34.8 Å². The highest BCUT2D eigenvalue weighted by molar-refractivity contribution is 6.42. The Morgan fingerprint density at radius 1 is 1.08 bits per heavy atom. The minimum absolute atomic E-state index is 0.304. The predicted molar refractivity (Wildman–Crippen MR) is 97.4 cm³/mol. The first-order valence-electron chi connectivity index (χ1n) is 7.45. The Morgan fingerprint density at radius 2 is 1.76 bits per heavy atom. The second-order valence-electron chi connectivity index (χ2n) is 5.52. The van der Waals surface area contributed by atoms with Gasteiger partial charge in [-0.25, -0.2) is 9.07 Å². The molecule has 0 unspecified atom stereocenters. The fourth-order valence-corrected chi connectivity index (χ4v) is 2.87. The lowest BCUT2D eigenvalue weighted by atomic mass is 10.1. The van der Waals surface area contributed by atoms with Crippen LogP contribution >= 0.6 is 23.2 Å². The van der Waals surface area contributed by atoms with E-state index in [1.165, 1.54) is 12.1 Å². The first-order chi connectivity index (χ1) is 11.9. The molecule has 1 N–H and O–H groups in total. The largest absolute Gasteiger partial charge is 0.322 e. The highest BCUT2D eigenvalue weighted by Crippen LogP contribution is 2.26. The van der Waals surface area contributed by atoms with E-state index in [0.717, 1.165) is 0 Å². The van der Waals surface area contributed by atoms with Crippen LogP contribution in [0.3, 0.4) is 0 Å². The lowest BCUT2D eigenvalue weighted by Crippen LogP contribution is -2.14. The third-order valence-electron chi connectivity index (χ3n) is 3.77. The van der Waals surface area contributed by atoms with Crippen molar-refractivity contribution in [3.05, 3.63) is 75.3 Å². The Labute approximate surface area is 154 Å².